The fraction of sp³-hybridized carbons (Fsp3) is 0.400. The van der Waals surface area contributed by atoms with Crippen LogP contribution in [-0.2, 0) is 9.47 Å². The summed E-state index contributed by atoms with van der Waals surface area (Å²) in [6, 6.07) is 7.60. The van der Waals surface area contributed by atoms with E-state index in [1.807, 2.05) is 0 Å². The standard InChI is InChI=1S/C15H21N3O5/c1-10(2)22-14(20)17-18(15(21)23-11(3)4)13(19)16-12-8-6-5-7-9-12/h5-11H,1-4H3,(H,16,19)(H,17,20). The molecule has 0 radical (unpaired) electrons. The van der Waals surface area contributed by atoms with Gasteiger partial charge in [0.2, 0.25) is 0 Å². The Kier molecular flexibility index (Phi) is 6.85. The molecule has 0 aliphatic carbocycles. The number of anilines is 1. The topological polar surface area (TPSA) is 97.0 Å². The van der Waals surface area contributed by atoms with Crippen molar-refractivity contribution < 1.29 is 23.9 Å². The number of imide groups is 1. The molecule has 0 spiro atoms. The first-order valence-electron chi connectivity index (χ1n) is 7.13. The van der Waals surface area contributed by atoms with E-state index in [1.54, 1.807) is 58.0 Å². The van der Waals surface area contributed by atoms with Crippen LogP contribution in [0.25, 0.3) is 0 Å². The van der Waals surface area contributed by atoms with Gasteiger partial charge in [-0.3, -0.25) is 0 Å². The molecule has 0 unspecified atom stereocenters. The molecule has 4 amide bonds. The third kappa shape index (κ3) is 6.68. The van der Waals surface area contributed by atoms with Crippen LogP contribution in [0.1, 0.15) is 27.7 Å². The Morgan fingerprint density at radius 1 is 0.957 bits per heavy atom. The van der Waals surface area contributed by atoms with Crippen LogP contribution in [0.3, 0.4) is 0 Å². The van der Waals surface area contributed by atoms with Crippen molar-refractivity contribution in [2.75, 3.05) is 5.32 Å². The second-order valence-corrected chi connectivity index (χ2v) is 5.13. The Morgan fingerprint density at radius 3 is 2.04 bits per heavy atom. The molecule has 0 bridgehead atoms. The number of carbonyl (C=O) groups excluding carboxylic acids is 3. The van der Waals surface area contributed by atoms with Gasteiger partial charge in [0, 0.05) is 5.69 Å². The third-order valence-electron chi connectivity index (χ3n) is 2.29. The summed E-state index contributed by atoms with van der Waals surface area (Å²) in [7, 11) is 0. The number of ether oxygens (including phenoxy) is 2. The highest BCUT2D eigenvalue weighted by Gasteiger charge is 2.27. The maximum Gasteiger partial charge on any atom is 0.437 e. The molecule has 1 rings (SSSR count). The lowest BCUT2D eigenvalue weighted by Crippen LogP contribution is -2.52. The molecular formula is C15H21N3O5. The summed E-state index contributed by atoms with van der Waals surface area (Å²) in [4.78, 5) is 35.8. The number of hydrogen-bond acceptors (Lipinski definition) is 5. The molecule has 0 saturated heterocycles. The lowest BCUT2D eigenvalue weighted by atomic mass is 10.3. The van der Waals surface area contributed by atoms with Crippen molar-refractivity contribution >= 4 is 23.9 Å². The molecule has 1 aromatic rings. The highest BCUT2D eigenvalue weighted by molar-refractivity contribution is 5.99. The first-order valence-corrected chi connectivity index (χ1v) is 7.13. The minimum atomic E-state index is -1.02. The summed E-state index contributed by atoms with van der Waals surface area (Å²) in [6.07, 6.45) is -2.83. The van der Waals surface area contributed by atoms with Crippen LogP contribution in [0.5, 0.6) is 0 Å². The average Bonchev–Trinajstić information content (AvgIpc) is 2.44. The van der Waals surface area contributed by atoms with Gasteiger partial charge in [-0.2, -0.15) is 0 Å². The highest BCUT2D eigenvalue weighted by atomic mass is 16.6. The number of hydrogen-bond donors (Lipinski definition) is 2. The third-order valence-corrected chi connectivity index (χ3v) is 2.29. The summed E-state index contributed by atoms with van der Waals surface area (Å²) in [5, 5.41) is 2.90. The van der Waals surface area contributed by atoms with Gasteiger partial charge in [0.25, 0.3) is 0 Å². The lowest BCUT2D eigenvalue weighted by molar-refractivity contribution is 0.0602. The van der Waals surface area contributed by atoms with Crippen molar-refractivity contribution in [1.82, 2.24) is 10.4 Å². The molecule has 0 aliphatic heterocycles. The minimum absolute atomic E-state index is 0.407. The van der Waals surface area contributed by atoms with Crippen LogP contribution in [0.15, 0.2) is 30.3 Å². The number of hydrazine groups is 1. The normalized spacial score (nSPS) is 10.2. The van der Waals surface area contributed by atoms with E-state index < -0.39 is 30.4 Å². The van der Waals surface area contributed by atoms with Crippen LogP contribution >= 0.6 is 0 Å². The molecule has 8 heteroatoms. The Bertz CT molecular complexity index is 545. The fourth-order valence-electron chi connectivity index (χ4n) is 1.47. The Hall–Kier alpha value is -2.77. The van der Waals surface area contributed by atoms with E-state index in [0.29, 0.717) is 10.7 Å². The molecule has 0 aromatic heterocycles. The largest absolute Gasteiger partial charge is 0.446 e. The van der Waals surface area contributed by atoms with Crippen molar-refractivity contribution in [2.45, 2.75) is 39.9 Å². The maximum atomic E-state index is 12.2. The van der Waals surface area contributed by atoms with E-state index in [-0.39, 0.29) is 0 Å². The Labute approximate surface area is 134 Å². The zero-order chi connectivity index (χ0) is 17.4. The van der Waals surface area contributed by atoms with Crippen LogP contribution in [0, 0.1) is 0 Å². The molecular weight excluding hydrogens is 302 g/mol. The summed E-state index contributed by atoms with van der Waals surface area (Å²) < 4.78 is 9.79. The van der Waals surface area contributed by atoms with Gasteiger partial charge < -0.3 is 14.8 Å². The van der Waals surface area contributed by atoms with Gasteiger partial charge >= 0.3 is 18.2 Å². The molecule has 0 saturated carbocycles. The van der Waals surface area contributed by atoms with Gasteiger partial charge in [-0.1, -0.05) is 18.2 Å². The number of benzene rings is 1. The molecule has 126 valence electrons. The van der Waals surface area contributed by atoms with E-state index in [9.17, 15) is 14.4 Å². The second kappa shape index (κ2) is 8.62. The van der Waals surface area contributed by atoms with Crippen LogP contribution in [0.2, 0.25) is 0 Å². The van der Waals surface area contributed by atoms with E-state index in [2.05, 4.69) is 10.7 Å². The lowest BCUT2D eigenvalue weighted by Gasteiger charge is -2.22. The van der Waals surface area contributed by atoms with E-state index in [4.69, 9.17) is 9.47 Å². The molecule has 8 nitrogen and oxygen atoms in total. The van der Waals surface area contributed by atoms with Gasteiger partial charge in [0.1, 0.15) is 0 Å². The smallest absolute Gasteiger partial charge is 0.437 e. The van der Waals surface area contributed by atoms with Crippen molar-refractivity contribution in [3.63, 3.8) is 0 Å². The zero-order valence-corrected chi connectivity index (χ0v) is 13.5. The highest BCUT2D eigenvalue weighted by Crippen LogP contribution is 2.07. The van der Waals surface area contributed by atoms with Crippen molar-refractivity contribution in [3.8, 4) is 0 Å². The van der Waals surface area contributed by atoms with Gasteiger partial charge in [-0.25, -0.2) is 19.8 Å². The first-order chi connectivity index (χ1) is 10.8. The molecule has 0 fully saturated rings. The van der Waals surface area contributed by atoms with Gasteiger partial charge in [0.05, 0.1) is 12.2 Å². The molecule has 23 heavy (non-hydrogen) atoms. The quantitative estimate of drug-likeness (QED) is 0.833. The molecule has 0 heterocycles. The fourth-order valence-corrected chi connectivity index (χ4v) is 1.47. The Morgan fingerprint density at radius 2 is 1.52 bits per heavy atom. The van der Waals surface area contributed by atoms with E-state index in [0.717, 1.165) is 0 Å². The second-order valence-electron chi connectivity index (χ2n) is 5.13. The molecule has 2 N–H and O–H groups in total. The van der Waals surface area contributed by atoms with Crippen molar-refractivity contribution in [2.24, 2.45) is 0 Å². The summed E-state index contributed by atoms with van der Waals surface area (Å²) in [5.41, 5.74) is 2.52. The van der Waals surface area contributed by atoms with Crippen molar-refractivity contribution in [3.05, 3.63) is 30.3 Å². The molecule has 0 atom stereocenters. The van der Waals surface area contributed by atoms with Crippen LogP contribution < -0.4 is 10.7 Å². The van der Waals surface area contributed by atoms with Crippen LogP contribution in [0.4, 0.5) is 20.1 Å². The number of para-hydroxylation sites is 1. The predicted molar refractivity (Wildman–Crippen MR) is 83.7 cm³/mol. The van der Waals surface area contributed by atoms with Gasteiger partial charge in [0.15, 0.2) is 0 Å². The van der Waals surface area contributed by atoms with E-state index >= 15 is 0 Å². The summed E-state index contributed by atoms with van der Waals surface area (Å²) >= 11 is 0. The van der Waals surface area contributed by atoms with E-state index in [1.165, 1.54) is 0 Å². The molecule has 0 aliphatic rings. The maximum absolute atomic E-state index is 12.2. The van der Waals surface area contributed by atoms with Gasteiger partial charge in [-0.05, 0) is 39.8 Å². The number of nitrogens with one attached hydrogen (secondary N) is 2. The van der Waals surface area contributed by atoms with Crippen LogP contribution in [-0.4, -0.2) is 35.4 Å². The predicted octanol–water partition coefficient (Wildman–Crippen LogP) is 3.12. The SMILES string of the molecule is CC(C)OC(=O)NN(C(=O)Nc1ccccc1)C(=O)OC(C)C. The number of amides is 4. The minimum Gasteiger partial charge on any atom is -0.446 e. The summed E-state index contributed by atoms with van der Waals surface area (Å²) in [5.74, 6) is 0. The number of rotatable bonds is 3. The number of carbonyl (C=O) groups is 3. The first kappa shape index (κ1) is 18.3. The zero-order valence-electron chi connectivity index (χ0n) is 13.5. The number of urea groups is 1. The average molecular weight is 323 g/mol. The Balaban J connectivity index is 2.82. The summed E-state index contributed by atoms with van der Waals surface area (Å²) in [6.45, 7) is 6.52. The van der Waals surface area contributed by atoms with Gasteiger partial charge in [-0.15, -0.1) is 5.01 Å². The van der Waals surface area contributed by atoms with Crippen molar-refractivity contribution in [1.29, 1.82) is 0 Å². The molecule has 1 aromatic carbocycles. The monoisotopic (exact) mass is 323 g/mol. The number of nitrogens with zero attached hydrogens (tertiary/aromatic N) is 1.